The van der Waals surface area contributed by atoms with Gasteiger partial charge in [-0.05, 0) is 12.1 Å². The molecule has 2 amide bonds. The Hall–Kier alpha value is -3.52. The molecule has 0 saturated carbocycles. The molecule has 25 heavy (non-hydrogen) atoms. The summed E-state index contributed by atoms with van der Waals surface area (Å²) in [5.41, 5.74) is 2.26. The van der Waals surface area contributed by atoms with Crippen LogP contribution in [0.3, 0.4) is 0 Å². The molecular weight excluding hydrogens is 314 g/mol. The Morgan fingerprint density at radius 1 is 1.08 bits per heavy atom. The molecule has 2 aliphatic heterocycles. The third-order valence-electron chi connectivity index (χ3n) is 5.17. The molecule has 0 saturated heterocycles. The maximum Gasteiger partial charge on any atom is 0.328 e. The molecule has 0 bridgehead atoms. The number of hydrogen-bond acceptors (Lipinski definition) is 2. The predicted octanol–water partition coefficient (Wildman–Crippen LogP) is 2.41. The van der Waals surface area contributed by atoms with E-state index >= 15 is 0 Å². The summed E-state index contributed by atoms with van der Waals surface area (Å²) >= 11 is 0. The molecule has 1 atom stereocenters. The summed E-state index contributed by atoms with van der Waals surface area (Å²) in [7, 11) is 1.72. The van der Waals surface area contributed by atoms with Crippen molar-refractivity contribution in [3.8, 4) is 12.3 Å². The topological polar surface area (TPSA) is 54.3 Å². The van der Waals surface area contributed by atoms with E-state index in [4.69, 9.17) is 6.42 Å². The van der Waals surface area contributed by atoms with E-state index in [0.717, 1.165) is 22.2 Å². The fourth-order valence-electron chi connectivity index (χ4n) is 4.10. The number of likely N-dealkylation sites (N-methyl/N-ethyl adjacent to an activating group) is 1. The Morgan fingerprint density at radius 2 is 1.84 bits per heavy atom. The number of terminal acetylenes is 1. The molecule has 3 aromatic rings. The minimum atomic E-state index is -1.22. The lowest BCUT2D eigenvalue weighted by Crippen LogP contribution is -2.57. The zero-order chi connectivity index (χ0) is 17.3. The van der Waals surface area contributed by atoms with Crippen molar-refractivity contribution >= 4 is 28.5 Å². The highest BCUT2D eigenvalue weighted by Crippen LogP contribution is 2.47. The third kappa shape index (κ3) is 1.41. The van der Waals surface area contributed by atoms with Crippen LogP contribution in [0.15, 0.2) is 48.5 Å². The van der Waals surface area contributed by atoms with Crippen LogP contribution in [0.2, 0.25) is 0 Å². The molecule has 2 aliphatic rings. The summed E-state index contributed by atoms with van der Waals surface area (Å²) in [5.74, 6) is 2.38. The number of para-hydroxylation sites is 2. The Bertz CT molecular complexity index is 1150. The number of aromatic nitrogens is 1. The van der Waals surface area contributed by atoms with Gasteiger partial charge in [0.1, 0.15) is 5.69 Å². The van der Waals surface area contributed by atoms with Crippen molar-refractivity contribution < 1.29 is 9.59 Å². The summed E-state index contributed by atoms with van der Waals surface area (Å²) in [5, 5.41) is 3.79. The van der Waals surface area contributed by atoms with Crippen LogP contribution >= 0.6 is 0 Å². The van der Waals surface area contributed by atoms with Gasteiger partial charge in [0.2, 0.25) is 0 Å². The summed E-state index contributed by atoms with van der Waals surface area (Å²) in [6.07, 6.45) is 5.57. The SMILES string of the molecule is C#Cc1cc2cccc3c2n1C(=O)NC31C(=O)N(C)c2ccccc21. The van der Waals surface area contributed by atoms with E-state index in [2.05, 4.69) is 11.2 Å². The second-order valence-corrected chi connectivity index (χ2v) is 6.31. The summed E-state index contributed by atoms with van der Waals surface area (Å²) in [4.78, 5) is 27.8. The first kappa shape index (κ1) is 13.9. The maximum absolute atomic E-state index is 13.3. The van der Waals surface area contributed by atoms with Crippen LogP contribution in [0.5, 0.6) is 0 Å². The molecule has 1 aromatic heterocycles. The summed E-state index contributed by atoms with van der Waals surface area (Å²) < 4.78 is 1.48. The van der Waals surface area contributed by atoms with Gasteiger partial charge in [-0.15, -0.1) is 6.42 Å². The van der Waals surface area contributed by atoms with Crippen molar-refractivity contribution in [2.24, 2.45) is 0 Å². The lowest BCUT2D eigenvalue weighted by atomic mass is 9.82. The second-order valence-electron chi connectivity index (χ2n) is 6.31. The minimum absolute atomic E-state index is 0.177. The van der Waals surface area contributed by atoms with E-state index < -0.39 is 5.54 Å². The molecule has 2 aromatic carbocycles. The van der Waals surface area contributed by atoms with E-state index in [1.807, 2.05) is 42.5 Å². The highest BCUT2D eigenvalue weighted by Gasteiger charge is 2.55. The van der Waals surface area contributed by atoms with Gasteiger partial charge in [0.05, 0.1) is 5.52 Å². The molecule has 1 unspecified atom stereocenters. The van der Waals surface area contributed by atoms with Gasteiger partial charge in [-0.1, -0.05) is 42.3 Å². The molecule has 5 rings (SSSR count). The lowest BCUT2D eigenvalue weighted by molar-refractivity contribution is -0.122. The molecule has 1 spiro atoms. The van der Waals surface area contributed by atoms with Crippen molar-refractivity contribution in [3.63, 3.8) is 0 Å². The fraction of sp³-hybridized carbons (Fsp3) is 0.100. The van der Waals surface area contributed by atoms with Crippen molar-refractivity contribution in [2.75, 3.05) is 11.9 Å². The van der Waals surface area contributed by atoms with Crippen LogP contribution in [0.1, 0.15) is 16.8 Å². The number of fused-ring (bicyclic) bond motifs is 3. The van der Waals surface area contributed by atoms with Gasteiger partial charge in [-0.25, -0.2) is 4.79 Å². The van der Waals surface area contributed by atoms with E-state index in [1.165, 1.54) is 4.57 Å². The van der Waals surface area contributed by atoms with Gasteiger partial charge in [0, 0.05) is 29.2 Å². The van der Waals surface area contributed by atoms with E-state index in [0.29, 0.717) is 11.2 Å². The largest absolute Gasteiger partial charge is 0.328 e. The van der Waals surface area contributed by atoms with Crippen LogP contribution < -0.4 is 10.2 Å². The number of carbonyl (C=O) groups is 2. The number of hydrogen-bond donors (Lipinski definition) is 1. The quantitative estimate of drug-likeness (QED) is 0.645. The first-order chi connectivity index (χ1) is 12.1. The van der Waals surface area contributed by atoms with Crippen molar-refractivity contribution in [2.45, 2.75) is 5.54 Å². The lowest BCUT2D eigenvalue weighted by Gasteiger charge is -2.34. The highest BCUT2D eigenvalue weighted by atomic mass is 16.2. The molecule has 0 fully saturated rings. The molecule has 0 aliphatic carbocycles. The van der Waals surface area contributed by atoms with E-state index in [1.54, 1.807) is 18.0 Å². The molecule has 5 nitrogen and oxygen atoms in total. The molecule has 5 heteroatoms. The molecule has 1 N–H and O–H groups in total. The van der Waals surface area contributed by atoms with Crippen LogP contribution in [0, 0.1) is 12.3 Å². The highest BCUT2D eigenvalue weighted by molar-refractivity contribution is 6.15. The molecule has 3 heterocycles. The third-order valence-corrected chi connectivity index (χ3v) is 5.17. The van der Waals surface area contributed by atoms with Crippen molar-refractivity contribution in [1.82, 2.24) is 9.88 Å². The first-order valence-electron chi connectivity index (χ1n) is 7.91. The van der Waals surface area contributed by atoms with Crippen LogP contribution in [0.4, 0.5) is 10.5 Å². The fourth-order valence-corrected chi connectivity index (χ4v) is 4.10. The molecule has 120 valence electrons. The van der Waals surface area contributed by atoms with Crippen molar-refractivity contribution in [1.29, 1.82) is 0 Å². The molecule has 0 radical (unpaired) electrons. The Morgan fingerprint density at radius 3 is 2.64 bits per heavy atom. The summed E-state index contributed by atoms with van der Waals surface area (Å²) in [6.45, 7) is 0. The van der Waals surface area contributed by atoms with Gasteiger partial charge in [0.25, 0.3) is 5.91 Å². The predicted molar refractivity (Wildman–Crippen MR) is 94.4 cm³/mol. The Kier molecular flexibility index (Phi) is 2.39. The maximum atomic E-state index is 13.3. The van der Waals surface area contributed by atoms with E-state index in [9.17, 15) is 9.59 Å². The Balaban J connectivity index is 1.97. The standard InChI is InChI=1S/C20H13N3O2/c1-3-13-11-12-7-6-9-15-17(12)23(13)19(25)21-20(15)14-8-4-5-10-16(14)22(2)18(20)24/h1,4-11H,2H3,(H,21,25). The zero-order valence-electron chi connectivity index (χ0n) is 13.4. The monoisotopic (exact) mass is 327 g/mol. The number of nitrogens with one attached hydrogen (secondary N) is 1. The van der Waals surface area contributed by atoms with E-state index in [-0.39, 0.29) is 11.9 Å². The van der Waals surface area contributed by atoms with Crippen LogP contribution in [0.25, 0.3) is 10.9 Å². The van der Waals surface area contributed by atoms with Crippen LogP contribution in [-0.2, 0) is 10.3 Å². The van der Waals surface area contributed by atoms with Gasteiger partial charge in [0.15, 0.2) is 5.54 Å². The smallest absolute Gasteiger partial charge is 0.315 e. The zero-order valence-corrected chi connectivity index (χ0v) is 13.4. The number of anilines is 1. The number of carbonyl (C=O) groups excluding carboxylic acids is 2. The van der Waals surface area contributed by atoms with Gasteiger partial charge >= 0.3 is 6.03 Å². The molecular formula is C20H13N3O2. The van der Waals surface area contributed by atoms with Gasteiger partial charge in [-0.2, -0.15) is 0 Å². The average Bonchev–Trinajstić information content (AvgIpc) is 3.11. The van der Waals surface area contributed by atoms with Crippen molar-refractivity contribution in [3.05, 3.63) is 65.4 Å². The average molecular weight is 327 g/mol. The normalized spacial score (nSPS) is 20.7. The number of rotatable bonds is 0. The summed E-state index contributed by atoms with van der Waals surface area (Å²) in [6, 6.07) is 14.6. The minimum Gasteiger partial charge on any atom is -0.315 e. The second kappa shape index (κ2) is 4.31. The van der Waals surface area contributed by atoms with Gasteiger partial charge in [-0.3, -0.25) is 9.36 Å². The number of amides is 2. The number of benzene rings is 2. The number of nitrogens with zero attached hydrogens (tertiary/aromatic N) is 2. The first-order valence-corrected chi connectivity index (χ1v) is 7.91. The van der Waals surface area contributed by atoms with Crippen LogP contribution in [-0.4, -0.2) is 23.6 Å². The van der Waals surface area contributed by atoms with Gasteiger partial charge < -0.3 is 10.2 Å². The Labute approximate surface area is 143 Å².